The van der Waals surface area contributed by atoms with E-state index in [-0.39, 0.29) is 0 Å². The molecule has 0 radical (unpaired) electrons. The number of hydrogen-bond donors (Lipinski definition) is 1. The van der Waals surface area contributed by atoms with E-state index in [0.29, 0.717) is 11.5 Å². The fourth-order valence-corrected chi connectivity index (χ4v) is 1.41. The Bertz CT molecular complexity index is 610. The second-order valence-corrected chi connectivity index (χ2v) is 3.68. The average Bonchev–Trinajstić information content (AvgIpc) is 2.96. The molecule has 104 valence electrons. The molecule has 0 aliphatic heterocycles. The lowest BCUT2D eigenvalue weighted by Crippen LogP contribution is -2.10. The van der Waals surface area contributed by atoms with Crippen LogP contribution in [0.15, 0.2) is 36.0 Å². The maximum absolute atomic E-state index is 10.5. The fourth-order valence-electron chi connectivity index (χ4n) is 1.41. The van der Waals surface area contributed by atoms with Crippen LogP contribution < -0.4 is 9.47 Å². The molecule has 0 bridgehead atoms. The molecular formula is C12H12N4O4. The average molecular weight is 276 g/mol. The van der Waals surface area contributed by atoms with Crippen molar-refractivity contribution in [2.45, 2.75) is 0 Å². The molecule has 20 heavy (non-hydrogen) atoms. The van der Waals surface area contributed by atoms with E-state index in [4.69, 9.17) is 14.6 Å². The first-order valence-corrected chi connectivity index (χ1v) is 5.60. The van der Waals surface area contributed by atoms with E-state index in [1.165, 1.54) is 24.4 Å². The number of methoxy groups -OCH3 is 1. The van der Waals surface area contributed by atoms with Gasteiger partial charge in [-0.2, -0.15) is 5.10 Å². The molecule has 1 aromatic carbocycles. The van der Waals surface area contributed by atoms with E-state index in [2.05, 4.69) is 15.3 Å². The summed E-state index contributed by atoms with van der Waals surface area (Å²) in [5, 5.41) is 19.9. The summed E-state index contributed by atoms with van der Waals surface area (Å²) in [5.74, 6) is -0.263. The minimum atomic E-state index is -1.05. The van der Waals surface area contributed by atoms with Gasteiger partial charge in [-0.1, -0.05) is 0 Å². The smallest absolute Gasteiger partial charge is 0.341 e. The zero-order valence-electron chi connectivity index (χ0n) is 10.6. The van der Waals surface area contributed by atoms with Gasteiger partial charge in [0, 0.05) is 0 Å². The fraction of sp³-hybridized carbons (Fsp3) is 0.167. The van der Waals surface area contributed by atoms with Gasteiger partial charge in [-0.15, -0.1) is 10.2 Å². The SMILES string of the molecule is COc1cc(C=Nn2cnnc2)ccc1OCC(=O)O. The van der Waals surface area contributed by atoms with Crippen LogP contribution in [0.5, 0.6) is 11.5 Å². The van der Waals surface area contributed by atoms with E-state index in [1.807, 2.05) is 0 Å². The summed E-state index contributed by atoms with van der Waals surface area (Å²) in [6, 6.07) is 5.04. The minimum absolute atomic E-state index is 0.358. The molecule has 0 saturated carbocycles. The first-order valence-electron chi connectivity index (χ1n) is 5.60. The molecule has 0 amide bonds. The Hall–Kier alpha value is -2.90. The zero-order chi connectivity index (χ0) is 14.4. The first kappa shape index (κ1) is 13.5. The lowest BCUT2D eigenvalue weighted by molar-refractivity contribution is -0.139. The van der Waals surface area contributed by atoms with Crippen LogP contribution >= 0.6 is 0 Å². The molecule has 8 heteroatoms. The minimum Gasteiger partial charge on any atom is -0.493 e. The van der Waals surface area contributed by atoms with Crippen LogP contribution in [0, 0.1) is 0 Å². The third kappa shape index (κ3) is 3.55. The van der Waals surface area contributed by atoms with Crippen molar-refractivity contribution in [3.8, 4) is 11.5 Å². The van der Waals surface area contributed by atoms with Crippen molar-refractivity contribution in [1.29, 1.82) is 0 Å². The van der Waals surface area contributed by atoms with Crippen molar-refractivity contribution in [3.63, 3.8) is 0 Å². The Labute approximate surface area is 114 Å². The number of rotatable bonds is 6. The Balaban J connectivity index is 2.14. The highest BCUT2D eigenvalue weighted by Gasteiger charge is 2.07. The number of nitrogens with zero attached hydrogens (tertiary/aromatic N) is 4. The molecule has 0 spiro atoms. The summed E-state index contributed by atoms with van der Waals surface area (Å²) in [7, 11) is 1.48. The standard InChI is InChI=1S/C12H12N4O4/c1-19-11-4-9(5-15-16-7-13-14-8-16)2-3-10(11)20-6-12(17)18/h2-5,7-8H,6H2,1H3,(H,17,18). The summed E-state index contributed by atoms with van der Waals surface area (Å²) in [6.45, 7) is -0.426. The normalized spacial score (nSPS) is 10.7. The van der Waals surface area contributed by atoms with Crippen LogP contribution in [0.4, 0.5) is 0 Å². The molecule has 0 aliphatic rings. The monoisotopic (exact) mass is 276 g/mol. The molecule has 8 nitrogen and oxygen atoms in total. The van der Waals surface area contributed by atoms with Crippen molar-refractivity contribution in [2.75, 3.05) is 13.7 Å². The largest absolute Gasteiger partial charge is 0.493 e. The van der Waals surface area contributed by atoms with Crippen LogP contribution in [-0.2, 0) is 4.79 Å². The molecule has 0 aliphatic carbocycles. The summed E-state index contributed by atoms with van der Waals surface area (Å²) in [6.07, 6.45) is 4.50. The molecule has 2 aromatic rings. The van der Waals surface area contributed by atoms with Gasteiger partial charge in [-0.05, 0) is 23.8 Å². The quantitative estimate of drug-likeness (QED) is 0.777. The van der Waals surface area contributed by atoms with Crippen molar-refractivity contribution >= 4 is 12.2 Å². The zero-order valence-corrected chi connectivity index (χ0v) is 10.6. The van der Waals surface area contributed by atoms with Gasteiger partial charge in [0.2, 0.25) is 0 Å². The number of benzene rings is 1. The third-order valence-electron chi connectivity index (χ3n) is 2.29. The van der Waals surface area contributed by atoms with Crippen LogP contribution in [-0.4, -0.2) is 45.9 Å². The van der Waals surface area contributed by atoms with Gasteiger partial charge in [0.15, 0.2) is 18.1 Å². The first-order chi connectivity index (χ1) is 9.69. The summed E-state index contributed by atoms with van der Waals surface area (Å²) in [5.41, 5.74) is 0.762. The molecule has 1 heterocycles. The third-order valence-corrected chi connectivity index (χ3v) is 2.29. The van der Waals surface area contributed by atoms with Gasteiger partial charge in [0.05, 0.1) is 13.3 Å². The Morgan fingerprint density at radius 2 is 2.15 bits per heavy atom. The topological polar surface area (TPSA) is 98.8 Å². The van der Waals surface area contributed by atoms with E-state index in [9.17, 15) is 4.79 Å². The van der Waals surface area contributed by atoms with Gasteiger partial charge in [-0.25, -0.2) is 9.47 Å². The maximum Gasteiger partial charge on any atom is 0.341 e. The number of hydrogen-bond acceptors (Lipinski definition) is 6. The predicted octanol–water partition coefficient (Wildman–Crippen LogP) is 0.632. The van der Waals surface area contributed by atoms with E-state index in [0.717, 1.165) is 5.56 Å². The maximum atomic E-state index is 10.5. The van der Waals surface area contributed by atoms with Crippen molar-refractivity contribution in [2.24, 2.45) is 5.10 Å². The molecule has 2 rings (SSSR count). The lowest BCUT2D eigenvalue weighted by Gasteiger charge is -2.09. The molecule has 0 unspecified atom stereocenters. The Kier molecular flexibility index (Phi) is 4.28. The molecule has 0 fully saturated rings. The number of aliphatic carboxylic acids is 1. The Morgan fingerprint density at radius 3 is 2.80 bits per heavy atom. The van der Waals surface area contributed by atoms with E-state index in [1.54, 1.807) is 24.4 Å². The van der Waals surface area contributed by atoms with E-state index >= 15 is 0 Å². The summed E-state index contributed by atoms with van der Waals surface area (Å²) >= 11 is 0. The van der Waals surface area contributed by atoms with Gasteiger partial charge in [0.1, 0.15) is 12.7 Å². The lowest BCUT2D eigenvalue weighted by atomic mass is 10.2. The van der Waals surface area contributed by atoms with Gasteiger partial charge in [0.25, 0.3) is 0 Å². The second-order valence-electron chi connectivity index (χ2n) is 3.68. The number of carbonyl (C=O) groups is 1. The molecule has 1 N–H and O–H groups in total. The van der Waals surface area contributed by atoms with Crippen LogP contribution in [0.3, 0.4) is 0 Å². The number of carboxylic acid groups (broad SMARTS) is 1. The van der Waals surface area contributed by atoms with E-state index < -0.39 is 12.6 Å². The molecule has 0 saturated heterocycles. The molecule has 1 aromatic heterocycles. The van der Waals surface area contributed by atoms with Gasteiger partial charge in [-0.3, -0.25) is 0 Å². The van der Waals surface area contributed by atoms with Crippen molar-refractivity contribution in [1.82, 2.24) is 14.9 Å². The number of carboxylic acids is 1. The molecular weight excluding hydrogens is 264 g/mol. The van der Waals surface area contributed by atoms with Crippen LogP contribution in [0.1, 0.15) is 5.56 Å². The van der Waals surface area contributed by atoms with Gasteiger partial charge < -0.3 is 14.6 Å². The molecule has 0 atom stereocenters. The van der Waals surface area contributed by atoms with Gasteiger partial charge >= 0.3 is 5.97 Å². The summed E-state index contributed by atoms with van der Waals surface area (Å²) < 4.78 is 11.7. The van der Waals surface area contributed by atoms with Crippen molar-refractivity contribution < 1.29 is 19.4 Å². The number of ether oxygens (including phenoxy) is 2. The predicted molar refractivity (Wildman–Crippen MR) is 69.1 cm³/mol. The van der Waals surface area contributed by atoms with Crippen molar-refractivity contribution in [3.05, 3.63) is 36.4 Å². The Morgan fingerprint density at radius 1 is 1.40 bits per heavy atom. The highest BCUT2D eigenvalue weighted by Crippen LogP contribution is 2.27. The highest BCUT2D eigenvalue weighted by molar-refractivity contribution is 5.80. The van der Waals surface area contributed by atoms with Crippen LogP contribution in [0.2, 0.25) is 0 Å². The number of aromatic nitrogens is 3. The highest BCUT2D eigenvalue weighted by atomic mass is 16.5. The second kappa shape index (κ2) is 6.32. The van der Waals surface area contributed by atoms with Crippen LogP contribution in [0.25, 0.3) is 0 Å². The summed E-state index contributed by atoms with van der Waals surface area (Å²) in [4.78, 5) is 10.5.